The molecule has 0 saturated carbocycles. The van der Waals surface area contributed by atoms with E-state index in [1.807, 2.05) is 16.8 Å². The van der Waals surface area contributed by atoms with Gasteiger partial charge < -0.3 is 10.1 Å². The van der Waals surface area contributed by atoms with Gasteiger partial charge in [0.05, 0.1) is 26.2 Å². The van der Waals surface area contributed by atoms with E-state index in [9.17, 15) is 14.4 Å². The van der Waals surface area contributed by atoms with Crippen molar-refractivity contribution >= 4 is 29.1 Å². The van der Waals surface area contributed by atoms with Gasteiger partial charge in [-0.05, 0) is 22.4 Å². The van der Waals surface area contributed by atoms with Crippen LogP contribution >= 0.6 is 11.3 Å². The summed E-state index contributed by atoms with van der Waals surface area (Å²) in [5, 5.41) is 6.64. The van der Waals surface area contributed by atoms with Crippen LogP contribution in [0.15, 0.2) is 16.8 Å². The molecule has 0 atom stereocenters. The highest BCUT2D eigenvalue weighted by atomic mass is 32.1. The first kappa shape index (κ1) is 15.7. The zero-order valence-electron chi connectivity index (χ0n) is 11.7. The third-order valence-corrected chi connectivity index (χ3v) is 3.86. The quantitative estimate of drug-likeness (QED) is 0.563. The molecule has 1 N–H and O–H groups in total. The molecule has 1 saturated heterocycles. The van der Waals surface area contributed by atoms with Gasteiger partial charge in [-0.15, -0.1) is 0 Å². The second-order valence-corrected chi connectivity index (χ2v) is 5.49. The highest BCUT2D eigenvalue weighted by Gasteiger charge is 2.28. The fraction of sp³-hybridized carbons (Fsp3) is 0.500. The lowest BCUT2D eigenvalue weighted by Gasteiger charge is -2.13. The lowest BCUT2D eigenvalue weighted by Crippen LogP contribution is -2.33. The summed E-state index contributed by atoms with van der Waals surface area (Å²) in [5.41, 5.74) is 1.00. The number of hydrogen-bond donors (Lipinski definition) is 1. The second-order valence-electron chi connectivity index (χ2n) is 4.71. The number of hydrogen-bond acceptors (Lipinski definition) is 5. The standard InChI is InChI=1S/C14H18N2O4S/c17-12(9-11-3-8-21-10-11)15-4-6-20-7-5-16-13(18)1-2-14(16)19/h3,8,10H,1-2,4-7,9H2,(H,15,17). The molecule has 0 radical (unpaired) electrons. The molecule has 0 aromatic carbocycles. The van der Waals surface area contributed by atoms with Gasteiger partial charge in [0.25, 0.3) is 0 Å². The predicted molar refractivity (Wildman–Crippen MR) is 77.8 cm³/mol. The molecule has 21 heavy (non-hydrogen) atoms. The number of rotatable bonds is 8. The average Bonchev–Trinajstić information content (AvgIpc) is 3.06. The number of nitrogens with zero attached hydrogens (tertiary/aromatic N) is 1. The van der Waals surface area contributed by atoms with E-state index in [0.29, 0.717) is 45.6 Å². The maximum Gasteiger partial charge on any atom is 0.229 e. The van der Waals surface area contributed by atoms with E-state index in [-0.39, 0.29) is 17.7 Å². The maximum absolute atomic E-state index is 11.6. The third-order valence-electron chi connectivity index (χ3n) is 3.13. The van der Waals surface area contributed by atoms with Crippen molar-refractivity contribution in [3.05, 3.63) is 22.4 Å². The Morgan fingerprint density at radius 1 is 1.29 bits per heavy atom. The van der Waals surface area contributed by atoms with Crippen molar-refractivity contribution in [1.29, 1.82) is 0 Å². The van der Waals surface area contributed by atoms with E-state index in [1.54, 1.807) is 11.3 Å². The summed E-state index contributed by atoms with van der Waals surface area (Å²) < 4.78 is 5.32. The number of amides is 3. The van der Waals surface area contributed by atoms with Gasteiger partial charge in [0.2, 0.25) is 17.7 Å². The van der Waals surface area contributed by atoms with Crippen LogP contribution in [0, 0.1) is 0 Å². The fourth-order valence-electron chi connectivity index (χ4n) is 2.03. The molecule has 2 rings (SSSR count). The molecule has 1 aromatic heterocycles. The van der Waals surface area contributed by atoms with Gasteiger partial charge in [-0.3, -0.25) is 19.3 Å². The highest BCUT2D eigenvalue weighted by Crippen LogP contribution is 2.10. The zero-order chi connectivity index (χ0) is 15.1. The Morgan fingerprint density at radius 2 is 2.05 bits per heavy atom. The van der Waals surface area contributed by atoms with E-state index in [0.717, 1.165) is 5.56 Å². The van der Waals surface area contributed by atoms with Gasteiger partial charge in [0, 0.05) is 19.4 Å². The SMILES string of the molecule is O=C(Cc1ccsc1)NCCOCCN1C(=O)CCC1=O. The van der Waals surface area contributed by atoms with Crippen molar-refractivity contribution in [3.63, 3.8) is 0 Å². The minimum atomic E-state index is -0.132. The number of likely N-dealkylation sites (tertiary alicyclic amines) is 1. The average molecular weight is 310 g/mol. The number of nitrogens with one attached hydrogen (secondary N) is 1. The van der Waals surface area contributed by atoms with Gasteiger partial charge in [-0.25, -0.2) is 0 Å². The number of carbonyl (C=O) groups excluding carboxylic acids is 3. The van der Waals surface area contributed by atoms with E-state index in [1.165, 1.54) is 4.90 Å². The summed E-state index contributed by atoms with van der Waals surface area (Å²) in [5.74, 6) is -0.303. The van der Waals surface area contributed by atoms with Crippen LogP contribution in [-0.4, -0.2) is 48.9 Å². The van der Waals surface area contributed by atoms with Crippen LogP contribution in [0.1, 0.15) is 18.4 Å². The van der Waals surface area contributed by atoms with Crippen molar-refractivity contribution < 1.29 is 19.1 Å². The molecule has 7 heteroatoms. The first-order valence-corrected chi connectivity index (χ1v) is 7.80. The van der Waals surface area contributed by atoms with Crippen LogP contribution in [0.3, 0.4) is 0 Å². The van der Waals surface area contributed by atoms with Gasteiger partial charge in [0.15, 0.2) is 0 Å². The summed E-state index contributed by atoms with van der Waals surface area (Å²) in [4.78, 5) is 35.5. The second kappa shape index (κ2) is 7.90. The number of thiophene rings is 1. The van der Waals surface area contributed by atoms with Crippen molar-refractivity contribution in [3.8, 4) is 0 Å². The van der Waals surface area contributed by atoms with Crippen LogP contribution in [0.2, 0.25) is 0 Å². The lowest BCUT2D eigenvalue weighted by molar-refractivity contribution is -0.139. The number of carbonyl (C=O) groups is 3. The summed E-state index contributed by atoms with van der Waals surface area (Å²) in [6, 6.07) is 1.92. The summed E-state index contributed by atoms with van der Waals surface area (Å²) in [7, 11) is 0. The Balaban J connectivity index is 1.51. The topological polar surface area (TPSA) is 75.7 Å². The van der Waals surface area contributed by atoms with Gasteiger partial charge >= 0.3 is 0 Å². The van der Waals surface area contributed by atoms with Gasteiger partial charge in [-0.1, -0.05) is 0 Å². The molecule has 1 aromatic rings. The largest absolute Gasteiger partial charge is 0.378 e. The first-order valence-electron chi connectivity index (χ1n) is 6.85. The third kappa shape index (κ3) is 4.95. The molecule has 1 aliphatic heterocycles. The van der Waals surface area contributed by atoms with Crippen molar-refractivity contribution in [2.24, 2.45) is 0 Å². The van der Waals surface area contributed by atoms with Crippen LogP contribution in [0.4, 0.5) is 0 Å². The van der Waals surface area contributed by atoms with Crippen LogP contribution in [0.5, 0.6) is 0 Å². The molecule has 1 aliphatic rings. The Morgan fingerprint density at radius 3 is 2.71 bits per heavy atom. The van der Waals surface area contributed by atoms with E-state index in [2.05, 4.69) is 5.32 Å². The van der Waals surface area contributed by atoms with Gasteiger partial charge in [0.1, 0.15) is 0 Å². The van der Waals surface area contributed by atoms with Crippen LogP contribution in [0.25, 0.3) is 0 Å². The van der Waals surface area contributed by atoms with E-state index < -0.39 is 0 Å². The Labute approximate surface area is 127 Å². The maximum atomic E-state index is 11.6. The van der Waals surface area contributed by atoms with Crippen LogP contribution in [-0.2, 0) is 25.5 Å². The van der Waals surface area contributed by atoms with Crippen molar-refractivity contribution in [2.45, 2.75) is 19.3 Å². The summed E-state index contributed by atoms with van der Waals surface area (Å²) in [6.07, 6.45) is 0.981. The molecule has 2 heterocycles. The van der Waals surface area contributed by atoms with E-state index >= 15 is 0 Å². The molecule has 1 fully saturated rings. The minimum absolute atomic E-state index is 0.0399. The van der Waals surface area contributed by atoms with E-state index in [4.69, 9.17) is 4.74 Å². The molecule has 6 nitrogen and oxygen atoms in total. The number of ether oxygens (including phenoxy) is 1. The van der Waals surface area contributed by atoms with Crippen molar-refractivity contribution in [2.75, 3.05) is 26.3 Å². The molecule has 0 spiro atoms. The molecule has 0 bridgehead atoms. The van der Waals surface area contributed by atoms with Gasteiger partial charge in [-0.2, -0.15) is 11.3 Å². The fourth-order valence-corrected chi connectivity index (χ4v) is 2.70. The molecule has 0 aliphatic carbocycles. The predicted octanol–water partition coefficient (Wildman–Crippen LogP) is 0.572. The first-order chi connectivity index (χ1) is 10.2. The highest BCUT2D eigenvalue weighted by molar-refractivity contribution is 7.07. The molecule has 114 valence electrons. The summed E-state index contributed by atoms with van der Waals surface area (Å²) in [6.45, 7) is 1.38. The molecule has 3 amide bonds. The normalized spacial score (nSPS) is 14.8. The molecular formula is C14H18N2O4S. The smallest absolute Gasteiger partial charge is 0.229 e. The van der Waals surface area contributed by atoms with Crippen molar-refractivity contribution in [1.82, 2.24) is 10.2 Å². The Bertz CT molecular complexity index is 485. The number of imide groups is 1. The Hall–Kier alpha value is -1.73. The lowest BCUT2D eigenvalue weighted by atomic mass is 10.2. The zero-order valence-corrected chi connectivity index (χ0v) is 12.5. The monoisotopic (exact) mass is 310 g/mol. The molecular weight excluding hydrogens is 292 g/mol. The minimum Gasteiger partial charge on any atom is -0.378 e. The summed E-state index contributed by atoms with van der Waals surface area (Å²) >= 11 is 1.56. The Kier molecular flexibility index (Phi) is 5.89. The van der Waals surface area contributed by atoms with Crippen LogP contribution < -0.4 is 5.32 Å². The molecule has 0 unspecified atom stereocenters.